The van der Waals surface area contributed by atoms with Gasteiger partial charge in [0.25, 0.3) is 11.8 Å². The van der Waals surface area contributed by atoms with Crippen molar-refractivity contribution in [2.75, 3.05) is 6.61 Å². The molecule has 2 aromatic carbocycles. The summed E-state index contributed by atoms with van der Waals surface area (Å²) in [5.74, 6) is -2.42. The monoisotopic (exact) mass is 355 g/mol. The number of carbonyl (C=O) groups excluding carboxylic acids is 3. The summed E-state index contributed by atoms with van der Waals surface area (Å²) in [5, 5.41) is 11.7. The van der Waals surface area contributed by atoms with E-state index in [1.165, 1.54) is 12.1 Å². The maximum absolute atomic E-state index is 12.1. The molecule has 2 N–H and O–H groups in total. The lowest BCUT2D eigenvalue weighted by Gasteiger charge is -2.19. The molecule has 0 spiro atoms. The Hall–Kier alpha value is -3.15. The van der Waals surface area contributed by atoms with Crippen molar-refractivity contribution in [3.05, 3.63) is 65.2 Å². The SMILES string of the molecule is CC(C)(C)c1ccc(C(=O)NC(=O)COC(=O)c2ccccc2O)cc1. The van der Waals surface area contributed by atoms with Gasteiger partial charge in [-0.25, -0.2) is 4.79 Å². The highest BCUT2D eigenvalue weighted by atomic mass is 16.5. The molecule has 136 valence electrons. The number of rotatable bonds is 4. The average molecular weight is 355 g/mol. The minimum Gasteiger partial charge on any atom is -0.507 e. The summed E-state index contributed by atoms with van der Waals surface area (Å²) < 4.78 is 4.81. The Labute approximate surface area is 151 Å². The second-order valence-electron chi connectivity index (χ2n) is 6.80. The van der Waals surface area contributed by atoms with Crippen molar-refractivity contribution in [3.63, 3.8) is 0 Å². The number of aromatic hydroxyl groups is 1. The molecule has 0 saturated heterocycles. The van der Waals surface area contributed by atoms with Crippen LogP contribution in [0.5, 0.6) is 5.75 Å². The van der Waals surface area contributed by atoms with Crippen LogP contribution in [-0.2, 0) is 14.9 Å². The van der Waals surface area contributed by atoms with E-state index in [1.54, 1.807) is 24.3 Å². The van der Waals surface area contributed by atoms with Gasteiger partial charge in [0.2, 0.25) is 0 Å². The maximum Gasteiger partial charge on any atom is 0.342 e. The van der Waals surface area contributed by atoms with Crippen LogP contribution in [0.4, 0.5) is 0 Å². The molecule has 0 fully saturated rings. The molecule has 0 aliphatic carbocycles. The van der Waals surface area contributed by atoms with Crippen molar-refractivity contribution in [1.29, 1.82) is 0 Å². The van der Waals surface area contributed by atoms with Crippen molar-refractivity contribution in [2.45, 2.75) is 26.2 Å². The summed E-state index contributed by atoms with van der Waals surface area (Å²) in [6, 6.07) is 12.8. The Morgan fingerprint density at radius 2 is 1.62 bits per heavy atom. The number of para-hydroxylation sites is 1. The van der Waals surface area contributed by atoms with Crippen molar-refractivity contribution >= 4 is 17.8 Å². The fourth-order valence-corrected chi connectivity index (χ4v) is 2.21. The summed E-state index contributed by atoms with van der Waals surface area (Å²) in [4.78, 5) is 35.7. The second kappa shape index (κ2) is 7.82. The van der Waals surface area contributed by atoms with Crippen LogP contribution >= 0.6 is 0 Å². The van der Waals surface area contributed by atoms with E-state index >= 15 is 0 Å². The van der Waals surface area contributed by atoms with Gasteiger partial charge in [-0.2, -0.15) is 0 Å². The van der Waals surface area contributed by atoms with E-state index in [1.807, 2.05) is 12.1 Å². The van der Waals surface area contributed by atoms with Crippen molar-refractivity contribution < 1.29 is 24.2 Å². The fourth-order valence-electron chi connectivity index (χ4n) is 2.21. The van der Waals surface area contributed by atoms with Crippen molar-refractivity contribution in [1.82, 2.24) is 5.32 Å². The molecule has 0 saturated carbocycles. The molecular weight excluding hydrogens is 334 g/mol. The number of phenols is 1. The lowest BCUT2D eigenvalue weighted by Crippen LogP contribution is -2.34. The van der Waals surface area contributed by atoms with Gasteiger partial charge in [0, 0.05) is 5.56 Å². The highest BCUT2D eigenvalue weighted by molar-refractivity contribution is 6.05. The first-order valence-electron chi connectivity index (χ1n) is 8.08. The molecule has 6 heteroatoms. The van der Waals surface area contributed by atoms with Crippen molar-refractivity contribution in [3.8, 4) is 5.75 Å². The summed E-state index contributed by atoms with van der Waals surface area (Å²) in [5.41, 5.74) is 1.31. The van der Waals surface area contributed by atoms with Gasteiger partial charge < -0.3 is 9.84 Å². The van der Waals surface area contributed by atoms with Crippen LogP contribution in [0.1, 0.15) is 47.1 Å². The van der Waals surface area contributed by atoms with E-state index < -0.39 is 24.4 Å². The number of hydrogen-bond acceptors (Lipinski definition) is 5. The first-order valence-corrected chi connectivity index (χ1v) is 8.08. The average Bonchev–Trinajstić information content (AvgIpc) is 2.59. The van der Waals surface area contributed by atoms with E-state index in [4.69, 9.17) is 4.74 Å². The Bertz CT molecular complexity index is 819. The Morgan fingerprint density at radius 3 is 2.19 bits per heavy atom. The minimum atomic E-state index is -0.847. The molecule has 0 aliphatic rings. The number of imide groups is 1. The molecule has 6 nitrogen and oxygen atoms in total. The predicted octanol–water partition coefficient (Wildman–Crippen LogP) is 2.80. The summed E-state index contributed by atoms with van der Waals surface area (Å²) in [7, 11) is 0. The van der Waals surface area contributed by atoms with Crippen LogP contribution in [0.3, 0.4) is 0 Å². The highest BCUT2D eigenvalue weighted by Gasteiger charge is 2.17. The summed E-state index contributed by atoms with van der Waals surface area (Å²) in [6.45, 7) is 5.55. The fraction of sp³-hybridized carbons (Fsp3) is 0.250. The number of nitrogens with one attached hydrogen (secondary N) is 1. The van der Waals surface area contributed by atoms with Gasteiger partial charge in [0.05, 0.1) is 0 Å². The molecule has 2 rings (SSSR count). The molecule has 2 amide bonds. The van der Waals surface area contributed by atoms with E-state index in [0.29, 0.717) is 5.56 Å². The maximum atomic E-state index is 12.1. The topological polar surface area (TPSA) is 92.7 Å². The second-order valence-corrected chi connectivity index (χ2v) is 6.80. The van der Waals surface area contributed by atoms with Crippen LogP contribution in [0.15, 0.2) is 48.5 Å². The lowest BCUT2D eigenvalue weighted by molar-refractivity contribution is -0.123. The highest BCUT2D eigenvalue weighted by Crippen LogP contribution is 2.22. The van der Waals surface area contributed by atoms with E-state index in [0.717, 1.165) is 5.56 Å². The summed E-state index contributed by atoms with van der Waals surface area (Å²) >= 11 is 0. The molecule has 0 aliphatic heterocycles. The van der Waals surface area contributed by atoms with Gasteiger partial charge >= 0.3 is 5.97 Å². The molecule has 0 aromatic heterocycles. The van der Waals surface area contributed by atoms with Crippen molar-refractivity contribution in [2.24, 2.45) is 0 Å². The van der Waals surface area contributed by atoms with Gasteiger partial charge in [-0.15, -0.1) is 0 Å². The predicted molar refractivity (Wildman–Crippen MR) is 96.0 cm³/mol. The largest absolute Gasteiger partial charge is 0.507 e. The number of amides is 2. The lowest BCUT2D eigenvalue weighted by atomic mass is 9.87. The molecule has 0 unspecified atom stereocenters. The first-order chi connectivity index (χ1) is 12.2. The van der Waals surface area contributed by atoms with Gasteiger partial charge in [-0.1, -0.05) is 45.0 Å². The van der Waals surface area contributed by atoms with Crippen LogP contribution in [0.25, 0.3) is 0 Å². The molecular formula is C20H21NO5. The third kappa shape index (κ3) is 4.92. The zero-order valence-corrected chi connectivity index (χ0v) is 14.9. The third-order valence-electron chi connectivity index (χ3n) is 3.72. The molecule has 0 bridgehead atoms. The quantitative estimate of drug-likeness (QED) is 0.823. The zero-order chi connectivity index (χ0) is 19.3. The number of esters is 1. The summed E-state index contributed by atoms with van der Waals surface area (Å²) in [6.07, 6.45) is 0. The normalized spacial score (nSPS) is 10.9. The molecule has 0 heterocycles. The Balaban J connectivity index is 1.90. The number of carbonyl (C=O) groups is 3. The van der Waals surface area contributed by atoms with Crippen LogP contribution in [0, 0.1) is 0 Å². The van der Waals surface area contributed by atoms with Crippen LogP contribution in [-0.4, -0.2) is 29.5 Å². The van der Waals surface area contributed by atoms with Gasteiger partial charge in [0.1, 0.15) is 11.3 Å². The first kappa shape index (κ1) is 19.2. The van der Waals surface area contributed by atoms with Crippen LogP contribution < -0.4 is 5.32 Å². The number of benzene rings is 2. The number of ether oxygens (including phenoxy) is 1. The third-order valence-corrected chi connectivity index (χ3v) is 3.72. The molecule has 0 radical (unpaired) electrons. The van der Waals surface area contributed by atoms with E-state index in [9.17, 15) is 19.5 Å². The number of hydrogen-bond donors (Lipinski definition) is 2. The minimum absolute atomic E-state index is 0.0397. The number of phenolic OH excluding ortho intramolecular Hbond substituents is 1. The van der Waals surface area contributed by atoms with E-state index in [-0.39, 0.29) is 16.7 Å². The zero-order valence-electron chi connectivity index (χ0n) is 14.9. The van der Waals surface area contributed by atoms with E-state index in [2.05, 4.69) is 26.1 Å². The van der Waals surface area contributed by atoms with Crippen LogP contribution in [0.2, 0.25) is 0 Å². The molecule has 26 heavy (non-hydrogen) atoms. The molecule has 0 atom stereocenters. The van der Waals surface area contributed by atoms with Gasteiger partial charge in [-0.3, -0.25) is 14.9 Å². The smallest absolute Gasteiger partial charge is 0.342 e. The Kier molecular flexibility index (Phi) is 5.77. The standard InChI is InChI=1S/C20H21NO5/c1-20(2,3)14-10-8-13(9-11-14)18(24)21-17(23)12-26-19(25)15-6-4-5-7-16(15)22/h4-11,22H,12H2,1-3H3,(H,21,23,24). The Morgan fingerprint density at radius 1 is 1.00 bits per heavy atom. The van der Waals surface area contributed by atoms with Gasteiger partial charge in [0.15, 0.2) is 6.61 Å². The van der Waals surface area contributed by atoms with Gasteiger partial charge in [-0.05, 0) is 35.2 Å². The molecule has 2 aromatic rings.